The lowest BCUT2D eigenvalue weighted by Crippen LogP contribution is -2.27. The standard InChI is InChI=1S/C16H17BrN2O/c17-14-8-4-5-12(9-14)11-19-16(20)10-15(18)13-6-2-1-3-7-13/h1-9,15H,10-11,18H2,(H,19,20). The quantitative estimate of drug-likeness (QED) is 0.883. The molecule has 3 N–H and O–H groups in total. The topological polar surface area (TPSA) is 55.1 Å². The first kappa shape index (κ1) is 14.8. The van der Waals surface area contributed by atoms with Gasteiger partial charge < -0.3 is 11.1 Å². The van der Waals surface area contributed by atoms with Crippen molar-refractivity contribution in [1.82, 2.24) is 5.32 Å². The molecule has 0 aliphatic rings. The third kappa shape index (κ3) is 4.47. The highest BCUT2D eigenvalue weighted by Gasteiger charge is 2.10. The molecule has 0 bridgehead atoms. The van der Waals surface area contributed by atoms with Crippen molar-refractivity contribution in [3.8, 4) is 0 Å². The van der Waals surface area contributed by atoms with E-state index < -0.39 is 0 Å². The van der Waals surface area contributed by atoms with Crippen molar-refractivity contribution in [2.75, 3.05) is 0 Å². The maximum absolute atomic E-state index is 11.9. The minimum Gasteiger partial charge on any atom is -0.352 e. The fourth-order valence-corrected chi connectivity index (χ4v) is 2.38. The lowest BCUT2D eigenvalue weighted by molar-refractivity contribution is -0.121. The van der Waals surface area contributed by atoms with E-state index in [4.69, 9.17) is 5.73 Å². The second kappa shape index (κ2) is 7.22. The summed E-state index contributed by atoms with van der Waals surface area (Å²) in [4.78, 5) is 11.9. The van der Waals surface area contributed by atoms with Crippen molar-refractivity contribution in [2.24, 2.45) is 5.73 Å². The summed E-state index contributed by atoms with van der Waals surface area (Å²) in [5.41, 5.74) is 8.05. The van der Waals surface area contributed by atoms with Gasteiger partial charge in [-0.15, -0.1) is 0 Å². The monoisotopic (exact) mass is 332 g/mol. The molecule has 0 aliphatic heterocycles. The van der Waals surface area contributed by atoms with Gasteiger partial charge in [-0.25, -0.2) is 0 Å². The maximum atomic E-state index is 11.9. The smallest absolute Gasteiger partial charge is 0.222 e. The van der Waals surface area contributed by atoms with Crippen LogP contribution in [0.5, 0.6) is 0 Å². The van der Waals surface area contributed by atoms with Crippen LogP contribution in [0.1, 0.15) is 23.6 Å². The number of amides is 1. The summed E-state index contributed by atoms with van der Waals surface area (Å²) in [6.07, 6.45) is 0.290. The maximum Gasteiger partial charge on any atom is 0.222 e. The van der Waals surface area contributed by atoms with E-state index in [0.717, 1.165) is 15.6 Å². The van der Waals surface area contributed by atoms with Gasteiger partial charge in [0.05, 0.1) is 0 Å². The molecule has 1 amide bonds. The Morgan fingerprint density at radius 1 is 1.15 bits per heavy atom. The van der Waals surface area contributed by atoms with Crippen LogP contribution in [0.2, 0.25) is 0 Å². The minimum atomic E-state index is -0.265. The first-order valence-corrected chi connectivity index (χ1v) is 7.26. The van der Waals surface area contributed by atoms with Gasteiger partial charge in [0.25, 0.3) is 0 Å². The fourth-order valence-electron chi connectivity index (χ4n) is 1.94. The average molecular weight is 333 g/mol. The Morgan fingerprint density at radius 2 is 1.90 bits per heavy atom. The van der Waals surface area contributed by atoms with E-state index in [1.165, 1.54) is 0 Å². The second-order valence-electron chi connectivity index (χ2n) is 4.63. The molecule has 0 fully saturated rings. The van der Waals surface area contributed by atoms with Gasteiger partial charge >= 0.3 is 0 Å². The third-order valence-electron chi connectivity index (χ3n) is 3.01. The van der Waals surface area contributed by atoms with Gasteiger partial charge in [-0.1, -0.05) is 58.4 Å². The molecule has 4 heteroatoms. The molecule has 1 unspecified atom stereocenters. The summed E-state index contributed by atoms with van der Waals surface area (Å²) in [6.45, 7) is 0.514. The van der Waals surface area contributed by atoms with Gasteiger partial charge in [0.1, 0.15) is 0 Å². The normalized spacial score (nSPS) is 11.9. The average Bonchev–Trinajstić information content (AvgIpc) is 2.46. The highest BCUT2D eigenvalue weighted by Crippen LogP contribution is 2.14. The highest BCUT2D eigenvalue weighted by atomic mass is 79.9. The number of nitrogens with one attached hydrogen (secondary N) is 1. The third-order valence-corrected chi connectivity index (χ3v) is 3.50. The first-order chi connectivity index (χ1) is 9.65. The van der Waals surface area contributed by atoms with Crippen molar-refractivity contribution in [1.29, 1.82) is 0 Å². The van der Waals surface area contributed by atoms with Crippen LogP contribution in [0, 0.1) is 0 Å². The van der Waals surface area contributed by atoms with Crippen LogP contribution in [0.15, 0.2) is 59.1 Å². The Labute approximate surface area is 127 Å². The van der Waals surface area contributed by atoms with Gasteiger partial charge in [-0.3, -0.25) is 4.79 Å². The predicted molar refractivity (Wildman–Crippen MR) is 84.0 cm³/mol. The predicted octanol–water partition coefficient (Wildman–Crippen LogP) is 3.16. The Kier molecular flexibility index (Phi) is 5.32. The van der Waals surface area contributed by atoms with Gasteiger partial charge in [-0.2, -0.15) is 0 Å². The molecule has 0 saturated carbocycles. The van der Waals surface area contributed by atoms with Crippen molar-refractivity contribution < 1.29 is 4.79 Å². The van der Waals surface area contributed by atoms with E-state index in [1.807, 2.05) is 54.6 Å². The molecule has 2 aromatic rings. The SMILES string of the molecule is NC(CC(=O)NCc1cccc(Br)c1)c1ccccc1. The van der Waals surface area contributed by atoms with Crippen molar-refractivity contribution >= 4 is 21.8 Å². The Morgan fingerprint density at radius 3 is 2.60 bits per heavy atom. The van der Waals surface area contributed by atoms with Crippen LogP contribution < -0.4 is 11.1 Å². The van der Waals surface area contributed by atoms with Crippen molar-refractivity contribution in [3.63, 3.8) is 0 Å². The second-order valence-corrected chi connectivity index (χ2v) is 5.54. The first-order valence-electron chi connectivity index (χ1n) is 6.47. The number of rotatable bonds is 5. The molecule has 20 heavy (non-hydrogen) atoms. The minimum absolute atomic E-state index is 0.0404. The summed E-state index contributed by atoms with van der Waals surface area (Å²) in [5, 5.41) is 2.89. The highest BCUT2D eigenvalue weighted by molar-refractivity contribution is 9.10. The van der Waals surface area contributed by atoms with E-state index in [-0.39, 0.29) is 18.4 Å². The zero-order chi connectivity index (χ0) is 14.4. The molecule has 0 heterocycles. The van der Waals surface area contributed by atoms with Crippen LogP contribution in [0.3, 0.4) is 0 Å². The summed E-state index contributed by atoms with van der Waals surface area (Å²) in [7, 11) is 0. The van der Waals surface area contributed by atoms with Crippen molar-refractivity contribution in [2.45, 2.75) is 19.0 Å². The molecule has 2 rings (SSSR count). The number of halogens is 1. The summed E-state index contributed by atoms with van der Waals surface area (Å²) in [5.74, 6) is -0.0404. The molecule has 0 aliphatic carbocycles. The molecule has 0 aromatic heterocycles. The molecular weight excluding hydrogens is 316 g/mol. The van der Waals surface area contributed by atoms with Crippen molar-refractivity contribution in [3.05, 3.63) is 70.2 Å². The van der Waals surface area contributed by atoms with Crippen LogP contribution in [0.25, 0.3) is 0 Å². The molecule has 3 nitrogen and oxygen atoms in total. The lowest BCUT2D eigenvalue weighted by atomic mass is 10.0. The zero-order valence-corrected chi connectivity index (χ0v) is 12.6. The summed E-state index contributed by atoms with van der Waals surface area (Å²) < 4.78 is 1.00. The number of hydrogen-bond donors (Lipinski definition) is 2. The van der Waals surface area contributed by atoms with Gasteiger partial charge in [0.2, 0.25) is 5.91 Å². The molecule has 1 atom stereocenters. The number of benzene rings is 2. The van der Waals surface area contributed by atoms with E-state index in [0.29, 0.717) is 6.54 Å². The molecule has 0 saturated heterocycles. The Balaban J connectivity index is 1.84. The number of nitrogens with two attached hydrogens (primary N) is 1. The van der Waals surface area contributed by atoms with E-state index in [1.54, 1.807) is 0 Å². The summed E-state index contributed by atoms with van der Waals surface area (Å²) >= 11 is 3.41. The molecule has 104 valence electrons. The van der Waals surface area contributed by atoms with Crippen LogP contribution in [0.4, 0.5) is 0 Å². The Hall–Kier alpha value is -1.65. The number of carbonyl (C=O) groups is 1. The van der Waals surface area contributed by atoms with Crippen LogP contribution >= 0.6 is 15.9 Å². The van der Waals surface area contributed by atoms with Gasteiger partial charge in [-0.05, 0) is 23.3 Å². The summed E-state index contributed by atoms with van der Waals surface area (Å²) in [6, 6.07) is 17.3. The number of hydrogen-bond acceptors (Lipinski definition) is 2. The number of carbonyl (C=O) groups excluding carboxylic acids is 1. The van der Waals surface area contributed by atoms with Gasteiger partial charge in [0, 0.05) is 23.5 Å². The van der Waals surface area contributed by atoms with E-state index >= 15 is 0 Å². The fraction of sp³-hybridized carbons (Fsp3) is 0.188. The molecule has 2 aromatic carbocycles. The molecular formula is C16H17BrN2O. The van der Waals surface area contributed by atoms with E-state index in [9.17, 15) is 4.79 Å². The van der Waals surface area contributed by atoms with Crippen LogP contribution in [-0.2, 0) is 11.3 Å². The molecule has 0 spiro atoms. The largest absolute Gasteiger partial charge is 0.352 e. The van der Waals surface area contributed by atoms with Crippen LogP contribution in [-0.4, -0.2) is 5.91 Å². The van der Waals surface area contributed by atoms with E-state index in [2.05, 4.69) is 21.2 Å². The lowest BCUT2D eigenvalue weighted by Gasteiger charge is -2.12. The Bertz CT molecular complexity index is 572. The van der Waals surface area contributed by atoms with Gasteiger partial charge in [0.15, 0.2) is 0 Å². The molecule has 0 radical (unpaired) electrons. The zero-order valence-electron chi connectivity index (χ0n) is 11.1.